The summed E-state index contributed by atoms with van der Waals surface area (Å²) in [6.45, 7) is 4.10. The number of allylic oxidation sites excluding steroid dienone is 1. The van der Waals surface area contributed by atoms with E-state index in [1.54, 1.807) is 6.26 Å². The summed E-state index contributed by atoms with van der Waals surface area (Å²) in [4.78, 5) is 0. The standard InChI is InChI=1S/C7H10O2/c1-6(2)7-5-8-3-4-9-7/h3-6H,1-2H3. The molecule has 0 amide bonds. The molecule has 9 heavy (non-hydrogen) atoms. The zero-order valence-corrected chi connectivity index (χ0v) is 5.63. The number of hydrogen-bond acceptors (Lipinski definition) is 2. The topological polar surface area (TPSA) is 18.5 Å². The molecule has 0 aliphatic carbocycles. The maximum absolute atomic E-state index is 5.09. The van der Waals surface area contributed by atoms with Crippen LogP contribution in [0.4, 0.5) is 0 Å². The van der Waals surface area contributed by atoms with Crippen LogP contribution in [-0.4, -0.2) is 0 Å². The van der Waals surface area contributed by atoms with Crippen LogP contribution in [0.5, 0.6) is 0 Å². The summed E-state index contributed by atoms with van der Waals surface area (Å²) in [6.07, 6.45) is 4.66. The molecule has 0 aromatic heterocycles. The lowest BCUT2D eigenvalue weighted by molar-refractivity contribution is 0.228. The third kappa shape index (κ3) is 1.49. The fraction of sp³-hybridized carbons (Fsp3) is 0.429. The average molecular weight is 126 g/mol. The first-order valence-corrected chi connectivity index (χ1v) is 2.98. The molecular weight excluding hydrogens is 116 g/mol. The van der Waals surface area contributed by atoms with E-state index in [1.165, 1.54) is 12.5 Å². The molecule has 50 valence electrons. The van der Waals surface area contributed by atoms with Gasteiger partial charge >= 0.3 is 0 Å². The van der Waals surface area contributed by atoms with Gasteiger partial charge in [-0.05, 0) is 0 Å². The average Bonchev–Trinajstić information content (AvgIpc) is 1.90. The van der Waals surface area contributed by atoms with Crippen LogP contribution in [0.2, 0.25) is 0 Å². The van der Waals surface area contributed by atoms with E-state index in [9.17, 15) is 0 Å². The molecule has 0 aromatic carbocycles. The van der Waals surface area contributed by atoms with Crippen molar-refractivity contribution in [2.75, 3.05) is 0 Å². The molecule has 0 fully saturated rings. The van der Waals surface area contributed by atoms with Gasteiger partial charge in [0.15, 0.2) is 0 Å². The van der Waals surface area contributed by atoms with Crippen molar-refractivity contribution in [3.63, 3.8) is 0 Å². The lowest BCUT2D eigenvalue weighted by Crippen LogP contribution is -1.98. The molecule has 2 nitrogen and oxygen atoms in total. The van der Waals surface area contributed by atoms with Crippen molar-refractivity contribution >= 4 is 0 Å². The van der Waals surface area contributed by atoms with Gasteiger partial charge in [0.25, 0.3) is 0 Å². The number of rotatable bonds is 1. The molecule has 2 heteroatoms. The van der Waals surface area contributed by atoms with E-state index in [2.05, 4.69) is 0 Å². The van der Waals surface area contributed by atoms with Gasteiger partial charge in [0.1, 0.15) is 24.5 Å². The van der Waals surface area contributed by atoms with Crippen LogP contribution in [0.15, 0.2) is 24.5 Å². The maximum Gasteiger partial charge on any atom is 0.141 e. The Balaban J connectivity index is 2.50. The van der Waals surface area contributed by atoms with E-state index < -0.39 is 0 Å². The second-order valence-electron chi connectivity index (χ2n) is 2.20. The fourth-order valence-corrected chi connectivity index (χ4v) is 0.545. The number of ether oxygens (including phenoxy) is 2. The summed E-state index contributed by atoms with van der Waals surface area (Å²) in [5.41, 5.74) is 0. The molecule has 0 saturated heterocycles. The predicted octanol–water partition coefficient (Wildman–Crippen LogP) is 2.00. The highest BCUT2D eigenvalue weighted by molar-refractivity contribution is 4.97. The summed E-state index contributed by atoms with van der Waals surface area (Å²) < 4.78 is 9.97. The monoisotopic (exact) mass is 126 g/mol. The van der Waals surface area contributed by atoms with Gasteiger partial charge in [-0.15, -0.1) is 0 Å². The molecule has 0 saturated carbocycles. The van der Waals surface area contributed by atoms with Gasteiger partial charge in [0.2, 0.25) is 0 Å². The highest BCUT2D eigenvalue weighted by Crippen LogP contribution is 2.14. The van der Waals surface area contributed by atoms with Gasteiger partial charge in [-0.2, -0.15) is 0 Å². The summed E-state index contributed by atoms with van der Waals surface area (Å²) >= 11 is 0. The second kappa shape index (κ2) is 2.58. The van der Waals surface area contributed by atoms with Crippen molar-refractivity contribution in [1.82, 2.24) is 0 Å². The van der Waals surface area contributed by atoms with Crippen LogP contribution in [0.25, 0.3) is 0 Å². The SMILES string of the molecule is CC(C)C1=COC=CO1. The van der Waals surface area contributed by atoms with E-state index in [0.29, 0.717) is 5.92 Å². The third-order valence-electron chi connectivity index (χ3n) is 1.09. The molecule has 0 unspecified atom stereocenters. The van der Waals surface area contributed by atoms with E-state index >= 15 is 0 Å². The fourth-order valence-electron chi connectivity index (χ4n) is 0.545. The predicted molar refractivity (Wildman–Crippen MR) is 34.2 cm³/mol. The largest absolute Gasteiger partial charge is 0.466 e. The van der Waals surface area contributed by atoms with E-state index in [0.717, 1.165) is 5.76 Å². The first-order valence-electron chi connectivity index (χ1n) is 2.98. The molecule has 1 rings (SSSR count). The van der Waals surface area contributed by atoms with Gasteiger partial charge in [-0.3, -0.25) is 0 Å². The lowest BCUT2D eigenvalue weighted by atomic mass is 10.2. The van der Waals surface area contributed by atoms with Crippen LogP contribution in [0, 0.1) is 5.92 Å². The van der Waals surface area contributed by atoms with Crippen LogP contribution < -0.4 is 0 Å². The van der Waals surface area contributed by atoms with Crippen molar-refractivity contribution in [3.05, 3.63) is 24.5 Å². The molecule has 0 aromatic rings. The molecule has 0 atom stereocenters. The van der Waals surface area contributed by atoms with Crippen molar-refractivity contribution in [2.45, 2.75) is 13.8 Å². The third-order valence-corrected chi connectivity index (χ3v) is 1.09. The van der Waals surface area contributed by atoms with Gasteiger partial charge < -0.3 is 9.47 Å². The van der Waals surface area contributed by atoms with Crippen molar-refractivity contribution in [1.29, 1.82) is 0 Å². The van der Waals surface area contributed by atoms with E-state index in [-0.39, 0.29) is 0 Å². The van der Waals surface area contributed by atoms with Gasteiger partial charge in [-0.25, -0.2) is 0 Å². The Bertz CT molecular complexity index is 145. The smallest absolute Gasteiger partial charge is 0.141 e. The first-order chi connectivity index (χ1) is 4.30. The molecule has 1 aliphatic heterocycles. The van der Waals surface area contributed by atoms with Gasteiger partial charge in [-0.1, -0.05) is 13.8 Å². The highest BCUT2D eigenvalue weighted by atomic mass is 16.5. The Morgan fingerprint density at radius 3 is 2.44 bits per heavy atom. The van der Waals surface area contributed by atoms with Crippen LogP contribution in [0.3, 0.4) is 0 Å². The molecule has 0 N–H and O–H groups in total. The van der Waals surface area contributed by atoms with Crippen LogP contribution in [0.1, 0.15) is 13.8 Å². The highest BCUT2D eigenvalue weighted by Gasteiger charge is 2.04. The van der Waals surface area contributed by atoms with Gasteiger partial charge in [0, 0.05) is 5.92 Å². The Hall–Kier alpha value is -0.920. The Kier molecular flexibility index (Phi) is 1.78. The Labute approximate surface area is 54.8 Å². The second-order valence-corrected chi connectivity index (χ2v) is 2.20. The summed E-state index contributed by atoms with van der Waals surface area (Å²) in [7, 11) is 0. The molecule has 0 spiro atoms. The molecule has 1 heterocycles. The molecule has 0 radical (unpaired) electrons. The normalized spacial score (nSPS) is 16.6. The van der Waals surface area contributed by atoms with E-state index in [4.69, 9.17) is 9.47 Å². The molecule has 0 bridgehead atoms. The van der Waals surface area contributed by atoms with Crippen LogP contribution in [-0.2, 0) is 9.47 Å². The quantitative estimate of drug-likeness (QED) is 0.535. The Morgan fingerprint density at radius 1 is 1.33 bits per heavy atom. The first kappa shape index (κ1) is 6.20. The van der Waals surface area contributed by atoms with Crippen LogP contribution >= 0.6 is 0 Å². The summed E-state index contributed by atoms with van der Waals surface area (Å²) in [5.74, 6) is 1.27. The molecular formula is C7H10O2. The lowest BCUT2D eigenvalue weighted by Gasteiger charge is -2.11. The minimum Gasteiger partial charge on any atom is -0.466 e. The zero-order chi connectivity index (χ0) is 6.69. The Morgan fingerprint density at radius 2 is 2.11 bits per heavy atom. The zero-order valence-electron chi connectivity index (χ0n) is 5.63. The summed E-state index contributed by atoms with van der Waals surface area (Å²) in [6, 6.07) is 0. The van der Waals surface area contributed by atoms with Gasteiger partial charge in [0.05, 0.1) is 0 Å². The summed E-state index contributed by atoms with van der Waals surface area (Å²) in [5, 5.41) is 0. The van der Waals surface area contributed by atoms with E-state index in [1.807, 2.05) is 13.8 Å². The number of hydrogen-bond donors (Lipinski definition) is 0. The van der Waals surface area contributed by atoms with Crippen molar-refractivity contribution in [2.24, 2.45) is 5.92 Å². The van der Waals surface area contributed by atoms with Crippen molar-refractivity contribution < 1.29 is 9.47 Å². The maximum atomic E-state index is 5.09. The minimum atomic E-state index is 0.398. The van der Waals surface area contributed by atoms with Crippen molar-refractivity contribution in [3.8, 4) is 0 Å². The molecule has 1 aliphatic rings. The minimum absolute atomic E-state index is 0.398.